The Morgan fingerprint density at radius 3 is 2.71 bits per heavy atom. The second-order valence-electron chi connectivity index (χ2n) is 3.80. The Morgan fingerprint density at radius 1 is 1.00 bits per heavy atom. The number of oxazole rings is 1. The zero-order chi connectivity index (χ0) is 11.7. The fourth-order valence-corrected chi connectivity index (χ4v) is 2.02. The van der Waals surface area contributed by atoms with E-state index in [2.05, 4.69) is 17.6 Å². The van der Waals surface area contributed by atoms with Crippen LogP contribution in [0.4, 0.5) is 0 Å². The zero-order valence-corrected chi connectivity index (χ0v) is 9.26. The van der Waals surface area contributed by atoms with E-state index in [0.29, 0.717) is 0 Å². The van der Waals surface area contributed by atoms with Crippen LogP contribution in [-0.4, -0.2) is 4.98 Å². The molecule has 0 aliphatic heterocycles. The van der Waals surface area contributed by atoms with Crippen molar-refractivity contribution in [2.75, 3.05) is 0 Å². The van der Waals surface area contributed by atoms with Gasteiger partial charge in [-0.05, 0) is 17.2 Å². The first-order valence-electron chi connectivity index (χ1n) is 5.44. The summed E-state index contributed by atoms with van der Waals surface area (Å²) < 4.78 is 5.32. The molecule has 0 fully saturated rings. The lowest BCUT2D eigenvalue weighted by molar-refractivity contribution is 0.602. The predicted molar refractivity (Wildman–Crippen MR) is 69.5 cm³/mol. The molecule has 3 aromatic rings. The minimum absolute atomic E-state index is 0.807. The summed E-state index contributed by atoms with van der Waals surface area (Å²) in [5.74, 6) is 0. The van der Waals surface area contributed by atoms with Crippen LogP contribution in [0.15, 0.2) is 59.9 Å². The highest BCUT2D eigenvalue weighted by Crippen LogP contribution is 2.30. The van der Waals surface area contributed by atoms with Gasteiger partial charge in [-0.15, -0.1) is 0 Å². The second kappa shape index (κ2) is 3.91. The van der Waals surface area contributed by atoms with Crippen molar-refractivity contribution >= 4 is 17.2 Å². The number of rotatable bonds is 2. The molecule has 0 bridgehead atoms. The highest BCUT2D eigenvalue weighted by molar-refractivity contribution is 5.93. The molecule has 0 radical (unpaired) electrons. The molecule has 2 aromatic carbocycles. The molecule has 1 heterocycles. The Morgan fingerprint density at radius 2 is 1.82 bits per heavy atom. The second-order valence-corrected chi connectivity index (χ2v) is 3.80. The van der Waals surface area contributed by atoms with Crippen molar-refractivity contribution in [1.82, 2.24) is 4.98 Å². The molecule has 17 heavy (non-hydrogen) atoms. The van der Waals surface area contributed by atoms with Crippen molar-refractivity contribution < 1.29 is 4.42 Å². The Balaban J connectivity index is 2.34. The van der Waals surface area contributed by atoms with Gasteiger partial charge in [0.25, 0.3) is 0 Å². The highest BCUT2D eigenvalue weighted by atomic mass is 16.3. The molecule has 1 aromatic heterocycles. The van der Waals surface area contributed by atoms with Crippen LogP contribution in [0.1, 0.15) is 5.56 Å². The van der Waals surface area contributed by atoms with Crippen molar-refractivity contribution in [2.45, 2.75) is 0 Å². The third kappa shape index (κ3) is 1.54. The molecule has 0 amide bonds. The maximum absolute atomic E-state index is 5.32. The van der Waals surface area contributed by atoms with E-state index in [1.165, 1.54) is 6.39 Å². The molecule has 2 nitrogen and oxygen atoms in total. The third-order valence-corrected chi connectivity index (χ3v) is 2.83. The van der Waals surface area contributed by atoms with E-state index in [4.69, 9.17) is 4.42 Å². The standard InChI is InChI=1S/C15H11NO/c1-2-11-6-3-4-7-12(11)13-8-5-9-14-15(13)16-10-17-14/h2-10H,1H2. The summed E-state index contributed by atoms with van der Waals surface area (Å²) in [6.45, 7) is 3.84. The van der Waals surface area contributed by atoms with Crippen molar-refractivity contribution in [3.05, 3.63) is 61.0 Å². The van der Waals surface area contributed by atoms with Crippen molar-refractivity contribution in [2.24, 2.45) is 0 Å². The van der Waals surface area contributed by atoms with Gasteiger partial charge in [0.15, 0.2) is 12.0 Å². The predicted octanol–water partition coefficient (Wildman–Crippen LogP) is 4.14. The Bertz CT molecular complexity index is 682. The maximum atomic E-state index is 5.32. The molecular formula is C15H11NO. The normalized spacial score (nSPS) is 10.6. The van der Waals surface area contributed by atoms with Crippen LogP contribution < -0.4 is 0 Å². The highest BCUT2D eigenvalue weighted by Gasteiger charge is 2.08. The number of nitrogens with zero attached hydrogens (tertiary/aromatic N) is 1. The molecule has 0 spiro atoms. The van der Waals surface area contributed by atoms with Crippen LogP contribution in [0.3, 0.4) is 0 Å². The van der Waals surface area contributed by atoms with Gasteiger partial charge in [-0.1, -0.05) is 49.1 Å². The summed E-state index contributed by atoms with van der Waals surface area (Å²) in [7, 11) is 0. The van der Waals surface area contributed by atoms with Crippen LogP contribution in [0.2, 0.25) is 0 Å². The molecule has 3 rings (SSSR count). The van der Waals surface area contributed by atoms with Crippen LogP contribution in [0.25, 0.3) is 28.3 Å². The van der Waals surface area contributed by atoms with Crippen molar-refractivity contribution in [1.29, 1.82) is 0 Å². The van der Waals surface area contributed by atoms with Crippen LogP contribution in [0.5, 0.6) is 0 Å². The molecule has 0 aliphatic rings. The number of fused-ring (bicyclic) bond motifs is 1. The van der Waals surface area contributed by atoms with Crippen LogP contribution in [0, 0.1) is 0 Å². The first-order chi connectivity index (χ1) is 8.40. The third-order valence-electron chi connectivity index (χ3n) is 2.83. The molecule has 2 heteroatoms. The van der Waals surface area contributed by atoms with Gasteiger partial charge in [0.2, 0.25) is 0 Å². The topological polar surface area (TPSA) is 26.0 Å². The maximum Gasteiger partial charge on any atom is 0.182 e. The lowest BCUT2D eigenvalue weighted by atomic mass is 9.99. The molecular weight excluding hydrogens is 210 g/mol. The number of aromatic nitrogens is 1. The van der Waals surface area contributed by atoms with E-state index in [1.54, 1.807) is 0 Å². The monoisotopic (exact) mass is 221 g/mol. The summed E-state index contributed by atoms with van der Waals surface area (Å²) in [6.07, 6.45) is 3.33. The summed E-state index contributed by atoms with van der Waals surface area (Å²) in [4.78, 5) is 4.27. The van der Waals surface area contributed by atoms with Crippen LogP contribution >= 0.6 is 0 Å². The van der Waals surface area contributed by atoms with Crippen LogP contribution in [-0.2, 0) is 0 Å². The SMILES string of the molecule is C=Cc1ccccc1-c1cccc2ocnc12. The van der Waals surface area contributed by atoms with E-state index < -0.39 is 0 Å². The van der Waals surface area contributed by atoms with Crippen molar-refractivity contribution in [3.8, 4) is 11.1 Å². The quantitative estimate of drug-likeness (QED) is 0.650. The fraction of sp³-hybridized carbons (Fsp3) is 0. The first-order valence-corrected chi connectivity index (χ1v) is 5.44. The number of benzene rings is 2. The minimum Gasteiger partial charge on any atom is -0.443 e. The van der Waals surface area contributed by atoms with Gasteiger partial charge in [-0.25, -0.2) is 4.98 Å². The lowest BCUT2D eigenvalue weighted by Gasteiger charge is -2.06. The Kier molecular flexibility index (Phi) is 2.26. The summed E-state index contributed by atoms with van der Waals surface area (Å²) in [5.41, 5.74) is 5.00. The fourth-order valence-electron chi connectivity index (χ4n) is 2.02. The molecule has 0 N–H and O–H groups in total. The summed E-state index contributed by atoms with van der Waals surface area (Å²) >= 11 is 0. The first kappa shape index (κ1) is 9.85. The smallest absolute Gasteiger partial charge is 0.182 e. The number of hydrogen-bond acceptors (Lipinski definition) is 2. The van der Waals surface area contributed by atoms with Gasteiger partial charge in [-0.3, -0.25) is 0 Å². The molecule has 0 unspecified atom stereocenters. The number of para-hydroxylation sites is 1. The van der Waals surface area contributed by atoms with Gasteiger partial charge in [-0.2, -0.15) is 0 Å². The minimum atomic E-state index is 0.807. The van der Waals surface area contributed by atoms with E-state index in [0.717, 1.165) is 27.8 Å². The average molecular weight is 221 g/mol. The largest absolute Gasteiger partial charge is 0.443 e. The summed E-state index contributed by atoms with van der Waals surface area (Å²) in [6, 6.07) is 14.1. The Labute approximate surface area is 99.2 Å². The summed E-state index contributed by atoms with van der Waals surface area (Å²) in [5, 5.41) is 0. The van der Waals surface area contributed by atoms with Gasteiger partial charge in [0, 0.05) is 5.56 Å². The van der Waals surface area contributed by atoms with Gasteiger partial charge >= 0.3 is 0 Å². The van der Waals surface area contributed by atoms with Gasteiger partial charge in [0.1, 0.15) is 5.52 Å². The lowest BCUT2D eigenvalue weighted by Crippen LogP contribution is -1.84. The van der Waals surface area contributed by atoms with E-state index in [-0.39, 0.29) is 0 Å². The molecule has 0 saturated heterocycles. The Hall–Kier alpha value is -2.35. The molecule has 0 atom stereocenters. The average Bonchev–Trinajstić information content (AvgIpc) is 2.86. The van der Waals surface area contributed by atoms with E-state index >= 15 is 0 Å². The van der Waals surface area contributed by atoms with E-state index in [9.17, 15) is 0 Å². The zero-order valence-electron chi connectivity index (χ0n) is 9.26. The molecule has 0 saturated carbocycles. The van der Waals surface area contributed by atoms with Gasteiger partial charge in [0.05, 0.1) is 0 Å². The van der Waals surface area contributed by atoms with Crippen molar-refractivity contribution in [3.63, 3.8) is 0 Å². The molecule has 0 aliphatic carbocycles. The molecule has 82 valence electrons. The van der Waals surface area contributed by atoms with E-state index in [1.807, 2.05) is 42.5 Å². The van der Waals surface area contributed by atoms with Gasteiger partial charge < -0.3 is 4.42 Å². The number of hydrogen-bond donors (Lipinski definition) is 0.